The quantitative estimate of drug-likeness (QED) is 0.650. The minimum atomic E-state index is -0.0598. The SMILES string of the molecule is N#Cc1c(N2CCCC(N)C2)nn(CCO)c1N. The predicted molar refractivity (Wildman–Crippen MR) is 67.9 cm³/mol. The highest BCUT2D eigenvalue weighted by molar-refractivity contribution is 5.65. The smallest absolute Gasteiger partial charge is 0.170 e. The van der Waals surface area contributed by atoms with Crippen molar-refractivity contribution in [1.82, 2.24) is 9.78 Å². The van der Waals surface area contributed by atoms with Gasteiger partial charge in [0.05, 0.1) is 13.2 Å². The van der Waals surface area contributed by atoms with E-state index < -0.39 is 0 Å². The van der Waals surface area contributed by atoms with Gasteiger partial charge in [0, 0.05) is 19.1 Å². The summed E-state index contributed by atoms with van der Waals surface area (Å²) in [6, 6.07) is 2.19. The lowest BCUT2D eigenvalue weighted by Crippen LogP contribution is -2.43. The highest BCUT2D eigenvalue weighted by atomic mass is 16.3. The number of nitrogens with zero attached hydrogens (tertiary/aromatic N) is 4. The fourth-order valence-electron chi connectivity index (χ4n) is 2.26. The van der Waals surface area contributed by atoms with Crippen molar-refractivity contribution in [2.45, 2.75) is 25.4 Å². The van der Waals surface area contributed by atoms with Gasteiger partial charge in [-0.05, 0) is 12.8 Å². The van der Waals surface area contributed by atoms with E-state index in [1.807, 2.05) is 4.90 Å². The zero-order valence-electron chi connectivity index (χ0n) is 10.2. The van der Waals surface area contributed by atoms with Crippen LogP contribution in [0.25, 0.3) is 0 Å². The molecule has 0 bridgehead atoms. The molecule has 0 aromatic carbocycles. The van der Waals surface area contributed by atoms with Crippen LogP contribution < -0.4 is 16.4 Å². The fraction of sp³-hybridized carbons (Fsp3) is 0.636. The zero-order valence-corrected chi connectivity index (χ0v) is 10.2. The van der Waals surface area contributed by atoms with E-state index in [-0.39, 0.29) is 12.6 Å². The van der Waals surface area contributed by atoms with E-state index in [0.717, 1.165) is 19.4 Å². The van der Waals surface area contributed by atoms with E-state index in [2.05, 4.69) is 11.2 Å². The average Bonchev–Trinajstić information content (AvgIpc) is 2.67. The number of aliphatic hydroxyl groups excluding tert-OH is 1. The summed E-state index contributed by atoms with van der Waals surface area (Å²) in [7, 11) is 0. The van der Waals surface area contributed by atoms with Crippen LogP contribution in [0.5, 0.6) is 0 Å². The van der Waals surface area contributed by atoms with Crippen LogP contribution in [-0.2, 0) is 6.54 Å². The molecule has 5 N–H and O–H groups in total. The number of nitrogen functional groups attached to an aromatic ring is 1. The molecule has 1 aromatic rings. The molecule has 1 atom stereocenters. The molecule has 1 aliphatic heterocycles. The fourth-order valence-corrected chi connectivity index (χ4v) is 2.26. The standard InChI is InChI=1S/C11H18N6O/c12-6-9-10(14)17(4-5-18)15-11(9)16-3-1-2-8(13)7-16/h8,18H,1-5,7,13-14H2. The Morgan fingerprint density at radius 3 is 2.94 bits per heavy atom. The molecule has 7 nitrogen and oxygen atoms in total. The van der Waals surface area contributed by atoms with Crippen molar-refractivity contribution in [3.8, 4) is 6.07 Å². The lowest BCUT2D eigenvalue weighted by molar-refractivity contribution is 0.270. The minimum absolute atomic E-state index is 0.0598. The first-order valence-electron chi connectivity index (χ1n) is 6.05. The second-order valence-electron chi connectivity index (χ2n) is 4.49. The van der Waals surface area contributed by atoms with Crippen LogP contribution in [0.1, 0.15) is 18.4 Å². The molecule has 18 heavy (non-hydrogen) atoms. The number of hydrogen-bond acceptors (Lipinski definition) is 6. The number of aliphatic hydroxyl groups is 1. The third kappa shape index (κ3) is 2.25. The Morgan fingerprint density at radius 2 is 2.33 bits per heavy atom. The predicted octanol–water partition coefficient (Wildman–Crippen LogP) is -0.743. The number of aromatic nitrogens is 2. The van der Waals surface area contributed by atoms with Crippen molar-refractivity contribution in [1.29, 1.82) is 5.26 Å². The van der Waals surface area contributed by atoms with Crippen LogP contribution in [0.3, 0.4) is 0 Å². The Labute approximate surface area is 106 Å². The minimum Gasteiger partial charge on any atom is -0.394 e. The Bertz CT molecular complexity index is 463. The molecule has 1 fully saturated rings. The first-order chi connectivity index (χ1) is 8.67. The number of piperidine rings is 1. The van der Waals surface area contributed by atoms with Gasteiger partial charge in [0.15, 0.2) is 5.82 Å². The highest BCUT2D eigenvalue weighted by Gasteiger charge is 2.24. The largest absolute Gasteiger partial charge is 0.394 e. The maximum absolute atomic E-state index is 9.17. The molecule has 1 saturated heterocycles. The van der Waals surface area contributed by atoms with Gasteiger partial charge in [0.1, 0.15) is 17.5 Å². The molecule has 2 rings (SSSR count). The Balaban J connectivity index is 2.31. The van der Waals surface area contributed by atoms with Crippen LogP contribution in [-0.4, -0.2) is 40.6 Å². The van der Waals surface area contributed by atoms with Gasteiger partial charge in [-0.15, -0.1) is 0 Å². The van der Waals surface area contributed by atoms with E-state index in [4.69, 9.17) is 16.6 Å². The molecular weight excluding hydrogens is 232 g/mol. The summed E-state index contributed by atoms with van der Waals surface area (Å²) >= 11 is 0. The number of anilines is 2. The van der Waals surface area contributed by atoms with Crippen LogP contribution >= 0.6 is 0 Å². The van der Waals surface area contributed by atoms with E-state index in [1.54, 1.807) is 0 Å². The van der Waals surface area contributed by atoms with Gasteiger partial charge in [0.2, 0.25) is 0 Å². The summed E-state index contributed by atoms with van der Waals surface area (Å²) in [6.45, 7) is 1.75. The molecule has 0 spiro atoms. The summed E-state index contributed by atoms with van der Waals surface area (Å²) in [5, 5.41) is 22.4. The third-order valence-corrected chi connectivity index (χ3v) is 3.15. The normalized spacial score (nSPS) is 19.8. The summed E-state index contributed by atoms with van der Waals surface area (Å²) in [5.41, 5.74) is 12.2. The van der Waals surface area contributed by atoms with E-state index >= 15 is 0 Å². The molecule has 0 aliphatic carbocycles. The molecule has 1 aromatic heterocycles. The summed E-state index contributed by atoms with van der Waals surface area (Å²) in [5.74, 6) is 0.888. The topological polar surface area (TPSA) is 117 Å². The molecule has 1 aliphatic rings. The van der Waals surface area contributed by atoms with Crippen LogP contribution in [0, 0.1) is 11.3 Å². The molecule has 7 heteroatoms. The van der Waals surface area contributed by atoms with Crippen molar-refractivity contribution < 1.29 is 5.11 Å². The maximum atomic E-state index is 9.17. The van der Waals surface area contributed by atoms with E-state index in [9.17, 15) is 5.26 Å². The number of rotatable bonds is 3. The number of hydrogen-bond donors (Lipinski definition) is 3. The first kappa shape index (κ1) is 12.7. The van der Waals surface area contributed by atoms with Gasteiger partial charge in [0.25, 0.3) is 0 Å². The van der Waals surface area contributed by atoms with Gasteiger partial charge >= 0.3 is 0 Å². The van der Waals surface area contributed by atoms with E-state index in [0.29, 0.717) is 30.3 Å². The Kier molecular flexibility index (Phi) is 3.69. The summed E-state index contributed by atoms with van der Waals surface area (Å²) < 4.78 is 1.47. The molecule has 0 radical (unpaired) electrons. The third-order valence-electron chi connectivity index (χ3n) is 3.15. The van der Waals surface area contributed by atoms with Crippen molar-refractivity contribution in [3.63, 3.8) is 0 Å². The van der Waals surface area contributed by atoms with Gasteiger partial charge in [-0.3, -0.25) is 0 Å². The highest BCUT2D eigenvalue weighted by Crippen LogP contribution is 2.26. The van der Waals surface area contributed by atoms with Gasteiger partial charge < -0.3 is 21.5 Å². The van der Waals surface area contributed by atoms with Crippen molar-refractivity contribution in [2.24, 2.45) is 5.73 Å². The second kappa shape index (κ2) is 5.25. The molecule has 0 amide bonds. The number of nitrogens with two attached hydrogens (primary N) is 2. The summed E-state index contributed by atoms with van der Waals surface area (Å²) in [4.78, 5) is 2.00. The molecule has 2 heterocycles. The molecular formula is C11H18N6O. The van der Waals surface area contributed by atoms with Crippen LogP contribution in [0.15, 0.2) is 0 Å². The van der Waals surface area contributed by atoms with Crippen LogP contribution in [0.4, 0.5) is 11.6 Å². The van der Waals surface area contributed by atoms with Crippen LogP contribution in [0.2, 0.25) is 0 Å². The zero-order chi connectivity index (χ0) is 13.1. The van der Waals surface area contributed by atoms with Gasteiger partial charge in [-0.1, -0.05) is 0 Å². The van der Waals surface area contributed by atoms with Crippen molar-refractivity contribution >= 4 is 11.6 Å². The monoisotopic (exact) mass is 250 g/mol. The lowest BCUT2D eigenvalue weighted by atomic mass is 10.1. The van der Waals surface area contributed by atoms with Gasteiger partial charge in [-0.25, -0.2) is 4.68 Å². The maximum Gasteiger partial charge on any atom is 0.170 e. The van der Waals surface area contributed by atoms with E-state index in [1.165, 1.54) is 4.68 Å². The molecule has 0 saturated carbocycles. The molecule has 98 valence electrons. The Morgan fingerprint density at radius 1 is 1.56 bits per heavy atom. The van der Waals surface area contributed by atoms with Gasteiger partial charge in [-0.2, -0.15) is 10.4 Å². The van der Waals surface area contributed by atoms with Crippen molar-refractivity contribution in [3.05, 3.63) is 5.56 Å². The average molecular weight is 250 g/mol. The molecule has 1 unspecified atom stereocenters. The number of nitriles is 1. The second-order valence-corrected chi connectivity index (χ2v) is 4.49. The lowest BCUT2D eigenvalue weighted by Gasteiger charge is -2.30. The summed E-state index contributed by atoms with van der Waals surface area (Å²) in [6.07, 6.45) is 1.98. The first-order valence-corrected chi connectivity index (χ1v) is 6.05. The van der Waals surface area contributed by atoms with Crippen molar-refractivity contribution in [2.75, 3.05) is 30.3 Å². The Hall–Kier alpha value is -1.78.